The summed E-state index contributed by atoms with van der Waals surface area (Å²) in [5.74, 6) is -0.884. The fourth-order valence-electron chi connectivity index (χ4n) is 3.64. The molecule has 8 heteroatoms. The van der Waals surface area contributed by atoms with E-state index in [-0.39, 0.29) is 5.92 Å². The molecule has 1 N–H and O–H groups in total. The lowest BCUT2D eigenvalue weighted by Crippen LogP contribution is -2.57. The number of hydrogen-bond donors (Lipinski definition) is 1. The molecule has 0 aliphatic rings. The van der Waals surface area contributed by atoms with Crippen LogP contribution in [0.2, 0.25) is 0 Å². The highest BCUT2D eigenvalue weighted by Crippen LogP contribution is 2.32. The average molecular weight is 469 g/mol. The summed E-state index contributed by atoms with van der Waals surface area (Å²) >= 11 is 0.749. The molecule has 0 saturated carbocycles. The van der Waals surface area contributed by atoms with Gasteiger partial charge in [-0.05, 0) is 24.0 Å². The minimum atomic E-state index is -4.51. The van der Waals surface area contributed by atoms with Gasteiger partial charge in [0.2, 0.25) is 0 Å². The average Bonchev–Trinajstić information content (AvgIpc) is 2.75. The largest absolute Gasteiger partial charge is 0.468 e. The van der Waals surface area contributed by atoms with Crippen molar-refractivity contribution >= 4 is 17.9 Å². The smallest absolute Gasteiger partial charge is 0.406 e. The van der Waals surface area contributed by atoms with Crippen LogP contribution in [0.15, 0.2) is 60.7 Å². The summed E-state index contributed by atoms with van der Waals surface area (Å²) < 4.78 is 50.1. The van der Waals surface area contributed by atoms with Crippen LogP contribution >= 0.6 is 11.9 Å². The minimum Gasteiger partial charge on any atom is -0.468 e. The maximum Gasteiger partial charge on any atom is 0.406 e. The van der Waals surface area contributed by atoms with Crippen LogP contribution in [-0.2, 0) is 22.6 Å². The van der Waals surface area contributed by atoms with Crippen molar-refractivity contribution in [2.24, 2.45) is 5.92 Å². The number of halogens is 3. The maximum atomic E-state index is 14.3. The molecule has 4 nitrogen and oxygen atoms in total. The van der Waals surface area contributed by atoms with Gasteiger partial charge in [0.15, 0.2) is 0 Å². The van der Waals surface area contributed by atoms with Crippen molar-refractivity contribution in [1.82, 2.24) is 9.62 Å². The van der Waals surface area contributed by atoms with Gasteiger partial charge >= 0.3 is 12.1 Å². The van der Waals surface area contributed by atoms with Gasteiger partial charge in [0.25, 0.3) is 0 Å². The molecule has 0 aromatic heterocycles. The van der Waals surface area contributed by atoms with Crippen LogP contribution in [0.5, 0.6) is 0 Å². The number of alkyl halides is 3. The Hall–Kier alpha value is -2.03. The number of esters is 1. The maximum absolute atomic E-state index is 14.3. The van der Waals surface area contributed by atoms with Crippen LogP contribution in [0, 0.1) is 5.92 Å². The van der Waals surface area contributed by atoms with E-state index in [0.29, 0.717) is 13.1 Å². The second kappa shape index (κ2) is 12.3. The molecule has 0 aliphatic heterocycles. The van der Waals surface area contributed by atoms with E-state index in [0.717, 1.165) is 23.1 Å². The number of carbonyl (C=O) groups excluding carboxylic acids is 1. The molecule has 0 saturated heterocycles. The molecule has 32 heavy (non-hydrogen) atoms. The van der Waals surface area contributed by atoms with Crippen LogP contribution in [0.3, 0.4) is 0 Å². The van der Waals surface area contributed by atoms with E-state index < -0.39 is 29.5 Å². The normalized spacial score (nSPS) is 14.9. The van der Waals surface area contributed by atoms with Crippen molar-refractivity contribution in [1.29, 1.82) is 0 Å². The third kappa shape index (κ3) is 7.83. The third-order valence-corrected chi connectivity index (χ3v) is 6.10. The fourth-order valence-corrected chi connectivity index (χ4v) is 4.46. The molecule has 0 spiro atoms. The SMILES string of the molecule is COC(=O)C(C)SN[C@@H]([C@H](C(C)C)N(Cc1ccccc1)Cc1ccccc1)C(F)(F)F. The highest BCUT2D eigenvalue weighted by Gasteiger charge is 2.48. The quantitative estimate of drug-likeness (QED) is 0.351. The summed E-state index contributed by atoms with van der Waals surface area (Å²) in [5.41, 5.74) is 1.87. The van der Waals surface area contributed by atoms with Gasteiger partial charge in [0.05, 0.1) is 7.11 Å². The van der Waals surface area contributed by atoms with Gasteiger partial charge in [-0.25, -0.2) is 0 Å². The molecule has 0 heterocycles. The molecule has 1 unspecified atom stereocenters. The van der Waals surface area contributed by atoms with Gasteiger partial charge in [-0.2, -0.15) is 13.2 Å². The summed E-state index contributed by atoms with van der Waals surface area (Å²) in [6.07, 6.45) is -4.51. The van der Waals surface area contributed by atoms with Crippen molar-refractivity contribution in [2.75, 3.05) is 7.11 Å². The number of nitrogens with one attached hydrogen (secondary N) is 1. The number of nitrogens with zero attached hydrogens (tertiary/aromatic N) is 1. The first-order valence-electron chi connectivity index (χ1n) is 10.5. The Bertz CT molecular complexity index is 777. The summed E-state index contributed by atoms with van der Waals surface area (Å²) in [4.78, 5) is 13.6. The van der Waals surface area contributed by atoms with Crippen molar-refractivity contribution in [2.45, 2.75) is 57.4 Å². The number of rotatable bonds is 11. The van der Waals surface area contributed by atoms with Crippen LogP contribution in [-0.4, -0.2) is 41.5 Å². The lowest BCUT2D eigenvalue weighted by atomic mass is 9.93. The topological polar surface area (TPSA) is 41.6 Å². The Morgan fingerprint density at radius 1 is 0.969 bits per heavy atom. The Balaban J connectivity index is 2.38. The number of ether oxygens (including phenoxy) is 1. The van der Waals surface area contributed by atoms with Gasteiger partial charge in [0, 0.05) is 19.1 Å². The van der Waals surface area contributed by atoms with Gasteiger partial charge in [-0.3, -0.25) is 14.4 Å². The predicted octanol–water partition coefficient (Wildman–Crippen LogP) is 5.44. The molecular formula is C24H31F3N2O2S. The van der Waals surface area contributed by atoms with Crippen molar-refractivity contribution in [3.8, 4) is 0 Å². The van der Waals surface area contributed by atoms with Crippen molar-refractivity contribution < 1.29 is 22.7 Å². The summed E-state index contributed by atoms with van der Waals surface area (Å²) in [5, 5.41) is -0.769. The van der Waals surface area contributed by atoms with Crippen LogP contribution in [0.4, 0.5) is 13.2 Å². The van der Waals surface area contributed by atoms with Gasteiger partial charge in [-0.15, -0.1) is 0 Å². The van der Waals surface area contributed by atoms with Crippen LogP contribution < -0.4 is 4.72 Å². The van der Waals surface area contributed by atoms with E-state index in [1.807, 2.05) is 65.6 Å². The highest BCUT2D eigenvalue weighted by atomic mass is 32.2. The van der Waals surface area contributed by atoms with E-state index in [1.54, 1.807) is 13.8 Å². The van der Waals surface area contributed by atoms with E-state index in [9.17, 15) is 18.0 Å². The Labute approximate surface area is 192 Å². The van der Waals surface area contributed by atoms with Gasteiger partial charge in [-0.1, -0.05) is 86.5 Å². The van der Waals surface area contributed by atoms with Crippen molar-refractivity contribution in [3.63, 3.8) is 0 Å². The second-order valence-corrected chi connectivity index (χ2v) is 9.21. The monoisotopic (exact) mass is 468 g/mol. The lowest BCUT2D eigenvalue weighted by Gasteiger charge is -2.41. The number of carbonyl (C=O) groups is 1. The predicted molar refractivity (Wildman–Crippen MR) is 123 cm³/mol. The summed E-state index contributed by atoms with van der Waals surface area (Å²) in [6, 6.07) is 16.3. The number of methoxy groups -OCH3 is 1. The van der Waals surface area contributed by atoms with Gasteiger partial charge in [0.1, 0.15) is 11.3 Å². The molecule has 2 aromatic rings. The van der Waals surface area contributed by atoms with E-state index in [4.69, 9.17) is 0 Å². The lowest BCUT2D eigenvalue weighted by molar-refractivity contribution is -0.171. The minimum absolute atomic E-state index is 0.310. The number of benzene rings is 2. The van der Waals surface area contributed by atoms with Gasteiger partial charge < -0.3 is 4.74 Å². The Morgan fingerprint density at radius 2 is 1.44 bits per heavy atom. The first kappa shape index (κ1) is 26.2. The molecule has 176 valence electrons. The van der Waals surface area contributed by atoms with Crippen LogP contribution in [0.1, 0.15) is 31.9 Å². The fraction of sp³-hybridized carbons (Fsp3) is 0.458. The highest BCUT2D eigenvalue weighted by molar-refractivity contribution is 7.98. The molecule has 0 amide bonds. The first-order valence-corrected chi connectivity index (χ1v) is 11.4. The van der Waals surface area contributed by atoms with Crippen LogP contribution in [0.25, 0.3) is 0 Å². The molecular weight excluding hydrogens is 437 g/mol. The molecule has 3 atom stereocenters. The second-order valence-electron chi connectivity index (χ2n) is 8.03. The summed E-state index contributed by atoms with van der Waals surface area (Å²) in [7, 11) is 1.22. The Morgan fingerprint density at radius 3 is 1.81 bits per heavy atom. The van der Waals surface area contributed by atoms with E-state index in [2.05, 4.69) is 9.46 Å². The molecule has 0 bridgehead atoms. The zero-order chi connectivity index (χ0) is 23.7. The molecule has 0 aliphatic carbocycles. The molecule has 2 aromatic carbocycles. The molecule has 0 radical (unpaired) electrons. The van der Waals surface area contributed by atoms with E-state index >= 15 is 0 Å². The molecule has 0 fully saturated rings. The van der Waals surface area contributed by atoms with E-state index in [1.165, 1.54) is 14.0 Å². The summed E-state index contributed by atoms with van der Waals surface area (Å²) in [6.45, 7) is 5.84. The number of hydrogen-bond acceptors (Lipinski definition) is 5. The zero-order valence-corrected chi connectivity index (χ0v) is 19.6. The Kier molecular flexibility index (Phi) is 10.1. The molecule has 2 rings (SSSR count). The standard InChI is InChI=1S/C24H31F3N2O2S/c1-17(2)21(22(24(25,26)27)28-32-18(3)23(30)31-4)29(15-19-11-7-5-8-12-19)16-20-13-9-6-10-14-20/h5-14,17-18,21-22,28H,15-16H2,1-4H3/t18?,21-,22-/m0/s1. The van der Waals surface area contributed by atoms with Crippen molar-refractivity contribution in [3.05, 3.63) is 71.8 Å². The third-order valence-electron chi connectivity index (χ3n) is 5.16. The first-order chi connectivity index (χ1) is 15.1. The zero-order valence-electron chi connectivity index (χ0n) is 18.8.